The summed E-state index contributed by atoms with van der Waals surface area (Å²) in [4.78, 5) is 29.1. The quantitative estimate of drug-likeness (QED) is 0.694. The Morgan fingerprint density at radius 1 is 1.00 bits per heavy atom. The summed E-state index contributed by atoms with van der Waals surface area (Å²) in [5.41, 5.74) is 2.56. The maximum absolute atomic E-state index is 12.8. The fourth-order valence-electron chi connectivity index (χ4n) is 4.45. The van der Waals surface area contributed by atoms with Gasteiger partial charge in [-0.25, -0.2) is 0 Å². The molecule has 2 aromatic carbocycles. The fourth-order valence-corrected chi connectivity index (χ4v) is 4.45. The molecule has 2 aliphatic heterocycles. The van der Waals surface area contributed by atoms with E-state index in [1.54, 1.807) is 23.1 Å². The summed E-state index contributed by atoms with van der Waals surface area (Å²) in [5.74, 6) is 0.0321. The van der Waals surface area contributed by atoms with Crippen molar-refractivity contribution in [2.24, 2.45) is 0 Å². The summed E-state index contributed by atoms with van der Waals surface area (Å²) in [6.07, 6.45) is -1.90. The van der Waals surface area contributed by atoms with Crippen LogP contribution in [0.1, 0.15) is 30.4 Å². The Morgan fingerprint density at radius 3 is 2.44 bits per heavy atom. The standard InChI is InChI=1S/C24H25F3N2O3/c25-24(26,27)16-32-21-8-4-2-6-18(21)15-23(31)28-13-11-19(12-14-28)29-20-7-3-1-5-17(20)9-10-22(29)30/h1-8,19H,9-16H2. The number of ether oxygens (including phenoxy) is 1. The number of alkyl halides is 3. The molecule has 2 aromatic rings. The molecule has 1 fully saturated rings. The van der Waals surface area contributed by atoms with Crippen LogP contribution < -0.4 is 9.64 Å². The molecule has 0 saturated carbocycles. The number of carbonyl (C=O) groups excluding carboxylic acids is 2. The van der Waals surface area contributed by atoms with Crippen LogP contribution in [0.2, 0.25) is 0 Å². The molecule has 32 heavy (non-hydrogen) atoms. The van der Waals surface area contributed by atoms with Gasteiger partial charge < -0.3 is 14.5 Å². The van der Waals surface area contributed by atoms with Crippen LogP contribution in [0.5, 0.6) is 5.75 Å². The van der Waals surface area contributed by atoms with Gasteiger partial charge in [0.05, 0.1) is 6.42 Å². The molecule has 0 unspecified atom stereocenters. The van der Waals surface area contributed by atoms with Crippen molar-refractivity contribution in [3.63, 3.8) is 0 Å². The van der Waals surface area contributed by atoms with Crippen LogP contribution in [0, 0.1) is 0 Å². The third-order valence-corrected chi connectivity index (χ3v) is 6.02. The molecule has 0 spiro atoms. The van der Waals surface area contributed by atoms with Crippen LogP contribution in [0.3, 0.4) is 0 Å². The Morgan fingerprint density at radius 2 is 1.69 bits per heavy atom. The van der Waals surface area contributed by atoms with E-state index in [1.165, 1.54) is 11.6 Å². The summed E-state index contributed by atoms with van der Waals surface area (Å²) < 4.78 is 42.4. The number of aryl methyl sites for hydroxylation is 1. The van der Waals surface area contributed by atoms with Crippen molar-refractivity contribution in [1.82, 2.24) is 4.90 Å². The molecule has 4 rings (SSSR count). The number of carbonyl (C=O) groups is 2. The van der Waals surface area contributed by atoms with Gasteiger partial charge >= 0.3 is 6.18 Å². The molecular weight excluding hydrogens is 421 g/mol. The van der Waals surface area contributed by atoms with E-state index < -0.39 is 12.8 Å². The molecule has 8 heteroatoms. The van der Waals surface area contributed by atoms with Gasteiger partial charge in [-0.1, -0.05) is 36.4 Å². The van der Waals surface area contributed by atoms with Crippen LogP contribution in [0.25, 0.3) is 0 Å². The molecule has 0 atom stereocenters. The number of nitrogens with zero attached hydrogens (tertiary/aromatic N) is 2. The molecular formula is C24H25F3N2O3. The first-order valence-electron chi connectivity index (χ1n) is 10.8. The first kappa shape index (κ1) is 22.2. The number of benzene rings is 2. The van der Waals surface area contributed by atoms with E-state index >= 15 is 0 Å². The lowest BCUT2D eigenvalue weighted by atomic mass is 9.95. The zero-order valence-electron chi connectivity index (χ0n) is 17.6. The third kappa shape index (κ3) is 5.06. The lowest BCUT2D eigenvalue weighted by Crippen LogP contribution is -2.50. The highest BCUT2D eigenvalue weighted by molar-refractivity contribution is 5.97. The minimum atomic E-state index is -4.44. The van der Waals surface area contributed by atoms with Crippen molar-refractivity contribution in [2.45, 2.75) is 44.3 Å². The molecule has 0 radical (unpaired) electrons. The number of halogens is 3. The Hall–Kier alpha value is -3.03. The second kappa shape index (κ2) is 9.22. The minimum Gasteiger partial charge on any atom is -0.484 e. The first-order chi connectivity index (χ1) is 15.3. The van der Waals surface area contributed by atoms with Gasteiger partial charge in [-0.3, -0.25) is 9.59 Å². The monoisotopic (exact) mass is 446 g/mol. The van der Waals surface area contributed by atoms with Gasteiger partial charge in [-0.15, -0.1) is 0 Å². The van der Waals surface area contributed by atoms with Gasteiger partial charge in [0.1, 0.15) is 5.75 Å². The molecule has 5 nitrogen and oxygen atoms in total. The zero-order valence-corrected chi connectivity index (χ0v) is 17.6. The highest BCUT2D eigenvalue weighted by atomic mass is 19.4. The van der Waals surface area contributed by atoms with Crippen molar-refractivity contribution in [2.75, 3.05) is 24.6 Å². The molecule has 2 aliphatic rings. The smallest absolute Gasteiger partial charge is 0.422 e. The van der Waals surface area contributed by atoms with E-state index in [-0.39, 0.29) is 30.0 Å². The van der Waals surface area contributed by atoms with Gasteiger partial charge in [-0.2, -0.15) is 13.2 Å². The van der Waals surface area contributed by atoms with Crippen molar-refractivity contribution < 1.29 is 27.5 Å². The van der Waals surface area contributed by atoms with E-state index in [0.717, 1.165) is 12.1 Å². The second-order valence-corrected chi connectivity index (χ2v) is 8.19. The van der Waals surface area contributed by atoms with Crippen LogP contribution in [0.15, 0.2) is 48.5 Å². The lowest BCUT2D eigenvalue weighted by Gasteiger charge is -2.41. The minimum absolute atomic E-state index is 0.0236. The van der Waals surface area contributed by atoms with Gasteiger partial charge in [0.15, 0.2) is 6.61 Å². The second-order valence-electron chi connectivity index (χ2n) is 8.19. The van der Waals surface area contributed by atoms with Crippen molar-refractivity contribution >= 4 is 17.5 Å². The van der Waals surface area contributed by atoms with E-state index in [0.29, 0.717) is 37.9 Å². The van der Waals surface area contributed by atoms with Crippen molar-refractivity contribution in [3.05, 3.63) is 59.7 Å². The molecule has 0 bridgehead atoms. The zero-order chi connectivity index (χ0) is 22.7. The van der Waals surface area contributed by atoms with Crippen LogP contribution in [0.4, 0.5) is 18.9 Å². The lowest BCUT2D eigenvalue weighted by molar-refractivity contribution is -0.153. The van der Waals surface area contributed by atoms with Crippen LogP contribution in [-0.2, 0) is 22.4 Å². The number of likely N-dealkylation sites (tertiary alicyclic amines) is 1. The topological polar surface area (TPSA) is 49.9 Å². The Balaban J connectivity index is 1.37. The summed E-state index contributed by atoms with van der Waals surface area (Å²) in [5, 5.41) is 0. The SMILES string of the molecule is O=C(Cc1ccccc1OCC(F)(F)F)N1CCC(N2C(=O)CCc3ccccc32)CC1. The summed E-state index contributed by atoms with van der Waals surface area (Å²) in [6, 6.07) is 14.3. The molecule has 2 heterocycles. The van der Waals surface area contributed by atoms with E-state index in [1.807, 2.05) is 29.2 Å². The average Bonchev–Trinajstić information content (AvgIpc) is 2.78. The number of amides is 2. The largest absolute Gasteiger partial charge is 0.484 e. The van der Waals surface area contributed by atoms with E-state index in [2.05, 4.69) is 0 Å². The van der Waals surface area contributed by atoms with Crippen molar-refractivity contribution in [3.8, 4) is 5.75 Å². The van der Waals surface area contributed by atoms with Gasteiger partial charge in [0.2, 0.25) is 11.8 Å². The Kier molecular flexibility index (Phi) is 6.39. The number of rotatable bonds is 5. The maximum Gasteiger partial charge on any atom is 0.422 e. The number of anilines is 1. The summed E-state index contributed by atoms with van der Waals surface area (Å²) >= 11 is 0. The molecule has 0 aromatic heterocycles. The average molecular weight is 446 g/mol. The molecule has 1 saturated heterocycles. The van der Waals surface area contributed by atoms with Gasteiger partial charge in [0.25, 0.3) is 0 Å². The molecule has 0 aliphatic carbocycles. The van der Waals surface area contributed by atoms with Gasteiger partial charge in [-0.05, 0) is 37.0 Å². The number of hydrogen-bond donors (Lipinski definition) is 0. The van der Waals surface area contributed by atoms with Crippen LogP contribution >= 0.6 is 0 Å². The first-order valence-corrected chi connectivity index (χ1v) is 10.8. The maximum atomic E-state index is 12.8. The molecule has 2 amide bonds. The summed E-state index contributed by atoms with van der Waals surface area (Å²) in [7, 11) is 0. The van der Waals surface area contributed by atoms with E-state index in [9.17, 15) is 22.8 Å². The predicted molar refractivity (Wildman–Crippen MR) is 114 cm³/mol. The number of hydrogen-bond acceptors (Lipinski definition) is 3. The summed E-state index contributed by atoms with van der Waals surface area (Å²) in [6.45, 7) is -0.392. The molecule has 0 N–H and O–H groups in total. The molecule has 170 valence electrons. The fraction of sp³-hybridized carbons (Fsp3) is 0.417. The number of para-hydroxylation sites is 2. The number of piperidine rings is 1. The van der Waals surface area contributed by atoms with Crippen molar-refractivity contribution in [1.29, 1.82) is 0 Å². The highest BCUT2D eigenvalue weighted by Gasteiger charge is 2.34. The van der Waals surface area contributed by atoms with E-state index in [4.69, 9.17) is 4.74 Å². The highest BCUT2D eigenvalue weighted by Crippen LogP contribution is 2.32. The number of fused-ring (bicyclic) bond motifs is 1. The third-order valence-electron chi connectivity index (χ3n) is 6.02. The van der Waals surface area contributed by atoms with Gasteiger partial charge in [0, 0.05) is 36.8 Å². The predicted octanol–water partition coefficient (Wildman–Crippen LogP) is 4.14. The normalized spacial score (nSPS) is 17.3. The Bertz CT molecular complexity index is 984. The Labute approximate surface area is 184 Å². The van der Waals surface area contributed by atoms with Crippen LogP contribution in [-0.4, -0.2) is 48.6 Å².